The first-order chi connectivity index (χ1) is 14.5. The number of carbonyl (C=O) groups excluding carboxylic acids is 1. The van der Waals surface area contributed by atoms with E-state index in [1.807, 2.05) is 11.5 Å². The minimum absolute atomic E-state index is 0.168. The van der Waals surface area contributed by atoms with E-state index in [0.29, 0.717) is 34.6 Å². The van der Waals surface area contributed by atoms with Crippen molar-refractivity contribution in [3.05, 3.63) is 40.8 Å². The lowest BCUT2D eigenvalue weighted by molar-refractivity contribution is 0.191. The number of ether oxygens (including phenoxy) is 1. The standard InChI is InChI=1S/C23H29ClFN3O2/c1-15-22(30-23(29)27-17-6-3-2-4-7-17)13-21(19-12-16(24)9-10-20(19)25)28(15)14-18-8-5-11-26-18/h9-10,12-13,17-18,26H,2-8,11,14H2,1H3,(H,27,29). The Kier molecular flexibility index (Phi) is 6.64. The number of benzene rings is 1. The fourth-order valence-electron chi connectivity index (χ4n) is 4.55. The summed E-state index contributed by atoms with van der Waals surface area (Å²) in [7, 11) is 0. The van der Waals surface area contributed by atoms with E-state index in [1.165, 1.54) is 18.6 Å². The van der Waals surface area contributed by atoms with Crippen molar-refractivity contribution in [2.75, 3.05) is 6.54 Å². The van der Waals surface area contributed by atoms with Crippen molar-refractivity contribution in [2.45, 2.75) is 70.5 Å². The van der Waals surface area contributed by atoms with Gasteiger partial charge in [0.25, 0.3) is 0 Å². The van der Waals surface area contributed by atoms with Crippen molar-refractivity contribution in [3.63, 3.8) is 0 Å². The zero-order chi connectivity index (χ0) is 21.1. The summed E-state index contributed by atoms with van der Waals surface area (Å²) in [5, 5.41) is 6.93. The summed E-state index contributed by atoms with van der Waals surface area (Å²) in [4.78, 5) is 12.5. The molecule has 1 unspecified atom stereocenters. The maximum Gasteiger partial charge on any atom is 0.412 e. The van der Waals surface area contributed by atoms with E-state index in [0.717, 1.165) is 50.8 Å². The normalized spacial score (nSPS) is 19.8. The number of hydrogen-bond donors (Lipinski definition) is 2. The first-order valence-electron chi connectivity index (χ1n) is 10.9. The topological polar surface area (TPSA) is 55.3 Å². The molecule has 30 heavy (non-hydrogen) atoms. The lowest BCUT2D eigenvalue weighted by atomic mass is 9.96. The Labute approximate surface area is 181 Å². The highest BCUT2D eigenvalue weighted by molar-refractivity contribution is 6.30. The van der Waals surface area contributed by atoms with Crippen molar-refractivity contribution >= 4 is 17.7 Å². The van der Waals surface area contributed by atoms with Crippen LogP contribution in [0.25, 0.3) is 11.3 Å². The quantitative estimate of drug-likeness (QED) is 0.661. The number of amides is 1. The van der Waals surface area contributed by atoms with Gasteiger partial charge in [0, 0.05) is 35.3 Å². The van der Waals surface area contributed by atoms with Crippen LogP contribution in [0.15, 0.2) is 24.3 Å². The average molecular weight is 434 g/mol. The van der Waals surface area contributed by atoms with Gasteiger partial charge in [-0.3, -0.25) is 0 Å². The molecule has 0 spiro atoms. The van der Waals surface area contributed by atoms with E-state index >= 15 is 0 Å². The molecule has 7 heteroatoms. The summed E-state index contributed by atoms with van der Waals surface area (Å²) >= 11 is 6.15. The molecule has 1 aliphatic carbocycles. The number of nitrogens with zero attached hydrogens (tertiary/aromatic N) is 1. The van der Waals surface area contributed by atoms with Crippen molar-refractivity contribution in [3.8, 4) is 17.0 Å². The van der Waals surface area contributed by atoms with Gasteiger partial charge in [-0.25, -0.2) is 9.18 Å². The molecule has 0 bridgehead atoms. The molecule has 1 saturated carbocycles. The molecule has 1 amide bonds. The third-order valence-electron chi connectivity index (χ3n) is 6.22. The van der Waals surface area contributed by atoms with E-state index in [4.69, 9.17) is 16.3 Å². The van der Waals surface area contributed by atoms with Crippen LogP contribution in [0.1, 0.15) is 50.6 Å². The summed E-state index contributed by atoms with van der Waals surface area (Å²) in [6, 6.07) is 6.75. The van der Waals surface area contributed by atoms with Gasteiger partial charge in [-0.15, -0.1) is 0 Å². The molecule has 1 atom stereocenters. The number of aromatic nitrogens is 1. The van der Waals surface area contributed by atoms with Crippen LogP contribution in [0.5, 0.6) is 5.75 Å². The van der Waals surface area contributed by atoms with Crippen LogP contribution in [0.4, 0.5) is 9.18 Å². The molecule has 1 aromatic carbocycles. The molecule has 2 fully saturated rings. The van der Waals surface area contributed by atoms with Crippen LogP contribution >= 0.6 is 11.6 Å². The van der Waals surface area contributed by atoms with Crippen molar-refractivity contribution in [2.24, 2.45) is 0 Å². The fourth-order valence-corrected chi connectivity index (χ4v) is 4.72. The van der Waals surface area contributed by atoms with Crippen LogP contribution in [0.2, 0.25) is 5.02 Å². The van der Waals surface area contributed by atoms with Crippen molar-refractivity contribution < 1.29 is 13.9 Å². The Bertz CT molecular complexity index is 902. The molecular formula is C23H29ClFN3O2. The molecule has 2 aromatic rings. The number of hydrogen-bond acceptors (Lipinski definition) is 3. The van der Waals surface area contributed by atoms with Gasteiger partial charge in [0.05, 0.1) is 11.4 Å². The Morgan fingerprint density at radius 3 is 2.77 bits per heavy atom. The molecule has 1 saturated heterocycles. The van der Waals surface area contributed by atoms with E-state index < -0.39 is 6.09 Å². The molecular weight excluding hydrogens is 405 g/mol. The van der Waals surface area contributed by atoms with E-state index in [-0.39, 0.29) is 11.9 Å². The predicted molar refractivity (Wildman–Crippen MR) is 117 cm³/mol. The molecule has 1 aliphatic heterocycles. The van der Waals surface area contributed by atoms with Gasteiger partial charge in [0.15, 0.2) is 5.75 Å². The van der Waals surface area contributed by atoms with Crippen LogP contribution in [0.3, 0.4) is 0 Å². The van der Waals surface area contributed by atoms with Gasteiger partial charge in [-0.2, -0.15) is 0 Å². The van der Waals surface area contributed by atoms with Crippen LogP contribution < -0.4 is 15.4 Å². The van der Waals surface area contributed by atoms with Crippen LogP contribution in [-0.2, 0) is 6.54 Å². The molecule has 4 rings (SSSR count). The smallest absolute Gasteiger partial charge is 0.408 e. The highest BCUT2D eigenvalue weighted by Gasteiger charge is 2.24. The van der Waals surface area contributed by atoms with Gasteiger partial charge in [-0.1, -0.05) is 30.9 Å². The van der Waals surface area contributed by atoms with Gasteiger partial charge >= 0.3 is 6.09 Å². The highest BCUT2D eigenvalue weighted by Crippen LogP contribution is 2.34. The SMILES string of the molecule is Cc1c(OC(=O)NC2CCCCC2)cc(-c2cc(Cl)ccc2F)n1CC1CCCN1. The molecule has 0 radical (unpaired) electrons. The van der Waals surface area contributed by atoms with Crippen LogP contribution in [0, 0.1) is 12.7 Å². The third-order valence-corrected chi connectivity index (χ3v) is 6.45. The number of halogens is 2. The summed E-state index contributed by atoms with van der Waals surface area (Å²) in [6.45, 7) is 3.57. The van der Waals surface area contributed by atoms with Crippen LogP contribution in [-0.4, -0.2) is 29.3 Å². The molecule has 2 aliphatic rings. The minimum atomic E-state index is -0.445. The lowest BCUT2D eigenvalue weighted by Gasteiger charge is -2.22. The first-order valence-corrected chi connectivity index (χ1v) is 11.3. The second-order valence-corrected chi connectivity index (χ2v) is 8.81. The van der Waals surface area contributed by atoms with E-state index in [9.17, 15) is 9.18 Å². The number of carbonyl (C=O) groups is 1. The summed E-state index contributed by atoms with van der Waals surface area (Å²) in [5.41, 5.74) is 1.88. The van der Waals surface area contributed by atoms with Gasteiger partial charge in [-0.05, 0) is 57.4 Å². The van der Waals surface area contributed by atoms with Crippen molar-refractivity contribution in [1.82, 2.24) is 15.2 Å². The average Bonchev–Trinajstić information content (AvgIpc) is 3.34. The maximum atomic E-state index is 14.7. The summed E-state index contributed by atoms with van der Waals surface area (Å²) in [6.07, 6.45) is 7.20. The lowest BCUT2D eigenvalue weighted by Crippen LogP contribution is -2.38. The zero-order valence-electron chi connectivity index (χ0n) is 17.3. The van der Waals surface area contributed by atoms with E-state index in [1.54, 1.807) is 12.1 Å². The first kappa shape index (κ1) is 21.2. The molecule has 5 nitrogen and oxygen atoms in total. The fraction of sp³-hybridized carbons (Fsp3) is 0.522. The Morgan fingerprint density at radius 2 is 2.03 bits per heavy atom. The maximum absolute atomic E-state index is 14.7. The van der Waals surface area contributed by atoms with Gasteiger partial charge < -0.3 is 19.9 Å². The Balaban J connectivity index is 1.61. The summed E-state index contributed by atoms with van der Waals surface area (Å²) < 4.78 is 22.4. The minimum Gasteiger partial charge on any atom is -0.408 e. The Hall–Kier alpha value is -2.05. The molecule has 2 N–H and O–H groups in total. The highest BCUT2D eigenvalue weighted by atomic mass is 35.5. The monoisotopic (exact) mass is 433 g/mol. The van der Waals surface area contributed by atoms with Gasteiger partial charge in [0.1, 0.15) is 5.82 Å². The third kappa shape index (κ3) is 4.81. The zero-order valence-corrected chi connectivity index (χ0v) is 18.1. The second kappa shape index (κ2) is 9.40. The molecule has 2 heterocycles. The molecule has 162 valence electrons. The number of rotatable bonds is 5. The number of nitrogens with one attached hydrogen (secondary N) is 2. The second-order valence-electron chi connectivity index (χ2n) is 8.38. The van der Waals surface area contributed by atoms with Gasteiger partial charge in [0.2, 0.25) is 0 Å². The largest absolute Gasteiger partial charge is 0.412 e. The molecule has 1 aromatic heterocycles. The predicted octanol–water partition coefficient (Wildman–Crippen LogP) is 5.43. The summed E-state index contributed by atoms with van der Waals surface area (Å²) in [5.74, 6) is 0.103. The van der Waals surface area contributed by atoms with Crippen molar-refractivity contribution in [1.29, 1.82) is 0 Å². The van der Waals surface area contributed by atoms with E-state index in [2.05, 4.69) is 10.6 Å². The Morgan fingerprint density at radius 1 is 1.23 bits per heavy atom.